The molecule has 18 heavy (non-hydrogen) atoms. The minimum atomic E-state index is 0.395. The Morgan fingerprint density at radius 1 is 1.44 bits per heavy atom. The fourth-order valence-corrected chi connectivity index (χ4v) is 1.45. The van der Waals surface area contributed by atoms with Gasteiger partial charge in [0.25, 0.3) is 0 Å². The van der Waals surface area contributed by atoms with Crippen molar-refractivity contribution in [3.8, 4) is 6.07 Å². The highest BCUT2D eigenvalue weighted by Crippen LogP contribution is 2.01. The van der Waals surface area contributed by atoms with E-state index in [2.05, 4.69) is 41.1 Å². The van der Waals surface area contributed by atoms with E-state index in [-0.39, 0.29) is 0 Å². The molecular formula is C13H21N5. The van der Waals surface area contributed by atoms with E-state index < -0.39 is 0 Å². The predicted octanol–water partition coefficient (Wildman–Crippen LogP) is 1.88. The molecule has 0 aliphatic rings. The number of nitriles is 1. The molecule has 0 bridgehead atoms. The van der Waals surface area contributed by atoms with E-state index >= 15 is 0 Å². The van der Waals surface area contributed by atoms with E-state index in [1.165, 1.54) is 0 Å². The predicted molar refractivity (Wildman–Crippen MR) is 72.2 cm³/mol. The largest absolute Gasteiger partial charge is 0.354 e. The van der Waals surface area contributed by atoms with Crippen LogP contribution >= 0.6 is 0 Å². The van der Waals surface area contributed by atoms with Crippen molar-refractivity contribution >= 4 is 5.95 Å². The molecule has 1 aromatic rings. The highest BCUT2D eigenvalue weighted by atomic mass is 15.1. The van der Waals surface area contributed by atoms with Gasteiger partial charge in [-0.3, -0.25) is 0 Å². The molecule has 0 saturated heterocycles. The summed E-state index contributed by atoms with van der Waals surface area (Å²) in [5.41, 5.74) is 0.395. The number of aromatic nitrogens is 2. The lowest BCUT2D eigenvalue weighted by atomic mass is 10.2. The molecule has 1 rings (SSSR count). The van der Waals surface area contributed by atoms with Crippen molar-refractivity contribution in [1.82, 2.24) is 14.9 Å². The molecule has 0 radical (unpaired) electrons. The van der Waals surface area contributed by atoms with Crippen LogP contribution in [-0.4, -0.2) is 41.0 Å². The van der Waals surface area contributed by atoms with Crippen LogP contribution < -0.4 is 5.32 Å². The van der Waals surface area contributed by atoms with Crippen molar-refractivity contribution < 1.29 is 0 Å². The van der Waals surface area contributed by atoms with Gasteiger partial charge in [0, 0.05) is 18.8 Å². The molecule has 0 spiro atoms. The Morgan fingerprint density at radius 3 is 2.89 bits per heavy atom. The molecule has 0 fully saturated rings. The molecule has 5 heteroatoms. The third-order valence-corrected chi connectivity index (χ3v) is 2.87. The van der Waals surface area contributed by atoms with Gasteiger partial charge in [0.15, 0.2) is 0 Å². The lowest BCUT2D eigenvalue weighted by Gasteiger charge is -2.20. The SMILES string of the molecule is CC(C)N(C)CCCCNc1nccc(C#N)n1. The molecule has 0 aromatic carbocycles. The van der Waals surface area contributed by atoms with Crippen LogP contribution in [0.2, 0.25) is 0 Å². The molecular weight excluding hydrogens is 226 g/mol. The Bertz CT molecular complexity index is 397. The van der Waals surface area contributed by atoms with Crippen LogP contribution in [-0.2, 0) is 0 Å². The molecule has 1 aromatic heterocycles. The lowest BCUT2D eigenvalue weighted by molar-refractivity contribution is 0.269. The number of nitrogens with zero attached hydrogens (tertiary/aromatic N) is 4. The standard InChI is InChI=1S/C13H21N5/c1-11(2)18(3)9-5-4-7-15-13-16-8-6-12(10-14)17-13/h6,8,11H,4-5,7,9H2,1-3H3,(H,15,16,17). The first kappa shape index (κ1) is 14.4. The summed E-state index contributed by atoms with van der Waals surface area (Å²) in [5.74, 6) is 0.534. The Balaban J connectivity index is 2.20. The number of rotatable bonds is 7. The molecule has 0 saturated carbocycles. The van der Waals surface area contributed by atoms with Crippen LogP contribution in [0.3, 0.4) is 0 Å². The van der Waals surface area contributed by atoms with E-state index in [1.54, 1.807) is 12.3 Å². The van der Waals surface area contributed by atoms with Gasteiger partial charge < -0.3 is 10.2 Å². The summed E-state index contributed by atoms with van der Waals surface area (Å²) in [7, 11) is 2.14. The Morgan fingerprint density at radius 2 is 2.22 bits per heavy atom. The van der Waals surface area contributed by atoms with Crippen molar-refractivity contribution in [1.29, 1.82) is 5.26 Å². The average molecular weight is 247 g/mol. The van der Waals surface area contributed by atoms with Gasteiger partial charge in [-0.25, -0.2) is 9.97 Å². The van der Waals surface area contributed by atoms with Crippen molar-refractivity contribution in [2.24, 2.45) is 0 Å². The Kier molecular flexibility index (Phi) is 6.09. The highest BCUT2D eigenvalue weighted by Gasteiger charge is 2.02. The van der Waals surface area contributed by atoms with Crippen molar-refractivity contribution in [3.05, 3.63) is 18.0 Å². The fourth-order valence-electron chi connectivity index (χ4n) is 1.45. The molecule has 0 atom stereocenters. The van der Waals surface area contributed by atoms with Gasteiger partial charge in [0.1, 0.15) is 11.8 Å². The average Bonchev–Trinajstić information content (AvgIpc) is 2.38. The Labute approximate surface area is 109 Å². The smallest absolute Gasteiger partial charge is 0.223 e. The maximum Gasteiger partial charge on any atom is 0.223 e. The van der Waals surface area contributed by atoms with Gasteiger partial charge in [-0.2, -0.15) is 5.26 Å². The maximum absolute atomic E-state index is 8.71. The lowest BCUT2D eigenvalue weighted by Crippen LogP contribution is -2.27. The van der Waals surface area contributed by atoms with Gasteiger partial charge in [-0.05, 0) is 46.3 Å². The quantitative estimate of drug-likeness (QED) is 0.745. The van der Waals surface area contributed by atoms with E-state index in [0.717, 1.165) is 25.9 Å². The van der Waals surface area contributed by atoms with E-state index in [4.69, 9.17) is 5.26 Å². The van der Waals surface area contributed by atoms with Crippen molar-refractivity contribution in [2.45, 2.75) is 32.7 Å². The number of hydrogen-bond acceptors (Lipinski definition) is 5. The summed E-state index contributed by atoms with van der Waals surface area (Å²) in [6, 6.07) is 4.19. The van der Waals surface area contributed by atoms with E-state index in [0.29, 0.717) is 17.7 Å². The molecule has 98 valence electrons. The van der Waals surface area contributed by atoms with Crippen LogP contribution in [0.15, 0.2) is 12.3 Å². The summed E-state index contributed by atoms with van der Waals surface area (Å²) in [5, 5.41) is 11.8. The third kappa shape index (κ3) is 5.11. The number of hydrogen-bond donors (Lipinski definition) is 1. The first-order chi connectivity index (χ1) is 8.63. The summed E-state index contributed by atoms with van der Waals surface area (Å²) in [6.45, 7) is 6.32. The minimum Gasteiger partial charge on any atom is -0.354 e. The van der Waals surface area contributed by atoms with E-state index in [9.17, 15) is 0 Å². The zero-order valence-corrected chi connectivity index (χ0v) is 11.3. The van der Waals surface area contributed by atoms with Gasteiger partial charge >= 0.3 is 0 Å². The monoisotopic (exact) mass is 247 g/mol. The molecule has 1 heterocycles. The van der Waals surface area contributed by atoms with Crippen LogP contribution in [0.5, 0.6) is 0 Å². The molecule has 1 N–H and O–H groups in total. The summed E-state index contributed by atoms with van der Waals surface area (Å²) in [6.07, 6.45) is 3.80. The van der Waals surface area contributed by atoms with Crippen molar-refractivity contribution in [3.63, 3.8) is 0 Å². The molecule has 0 amide bonds. The van der Waals surface area contributed by atoms with Gasteiger partial charge in [-0.1, -0.05) is 0 Å². The third-order valence-electron chi connectivity index (χ3n) is 2.87. The Hall–Kier alpha value is -1.67. The topological polar surface area (TPSA) is 64.8 Å². The van der Waals surface area contributed by atoms with Gasteiger partial charge in [0.05, 0.1) is 0 Å². The zero-order valence-electron chi connectivity index (χ0n) is 11.3. The van der Waals surface area contributed by atoms with Crippen LogP contribution in [0.4, 0.5) is 5.95 Å². The van der Waals surface area contributed by atoms with Crippen LogP contribution in [0, 0.1) is 11.3 Å². The molecule has 5 nitrogen and oxygen atoms in total. The first-order valence-electron chi connectivity index (χ1n) is 6.30. The second-order valence-electron chi connectivity index (χ2n) is 4.59. The summed E-state index contributed by atoms with van der Waals surface area (Å²) < 4.78 is 0. The van der Waals surface area contributed by atoms with Gasteiger partial charge in [0.2, 0.25) is 5.95 Å². The summed E-state index contributed by atoms with van der Waals surface area (Å²) in [4.78, 5) is 10.4. The number of anilines is 1. The van der Waals surface area contributed by atoms with Gasteiger partial charge in [-0.15, -0.1) is 0 Å². The fraction of sp³-hybridized carbons (Fsp3) is 0.615. The minimum absolute atomic E-state index is 0.395. The van der Waals surface area contributed by atoms with Crippen molar-refractivity contribution in [2.75, 3.05) is 25.5 Å². The number of nitrogens with one attached hydrogen (secondary N) is 1. The van der Waals surface area contributed by atoms with E-state index in [1.807, 2.05) is 6.07 Å². The molecule has 0 aliphatic carbocycles. The highest BCUT2D eigenvalue weighted by molar-refractivity contribution is 5.29. The molecule has 0 unspecified atom stereocenters. The first-order valence-corrected chi connectivity index (χ1v) is 6.30. The number of unbranched alkanes of at least 4 members (excludes halogenated alkanes) is 1. The summed E-state index contributed by atoms with van der Waals surface area (Å²) >= 11 is 0. The second kappa shape index (κ2) is 7.62. The van der Waals surface area contributed by atoms with Crippen LogP contribution in [0.1, 0.15) is 32.4 Å². The van der Waals surface area contributed by atoms with Crippen LogP contribution in [0.25, 0.3) is 0 Å². The molecule has 0 aliphatic heterocycles. The zero-order chi connectivity index (χ0) is 13.4. The normalized spacial score (nSPS) is 10.7. The second-order valence-corrected chi connectivity index (χ2v) is 4.59. The maximum atomic E-state index is 8.71.